The van der Waals surface area contributed by atoms with Crippen LogP contribution in [-0.4, -0.2) is 74.6 Å². The average Bonchev–Trinajstić information content (AvgIpc) is 3.24. The zero-order valence-corrected chi connectivity index (χ0v) is 21.2. The van der Waals surface area contributed by atoms with E-state index in [-0.39, 0.29) is 48.8 Å². The number of sulfonamides is 1. The van der Waals surface area contributed by atoms with Crippen molar-refractivity contribution in [3.63, 3.8) is 0 Å². The van der Waals surface area contributed by atoms with Crippen LogP contribution in [0.5, 0.6) is 11.5 Å². The van der Waals surface area contributed by atoms with Crippen LogP contribution >= 0.6 is 0 Å². The van der Waals surface area contributed by atoms with Crippen molar-refractivity contribution in [2.75, 3.05) is 45.2 Å². The van der Waals surface area contributed by atoms with Crippen LogP contribution in [0.15, 0.2) is 51.9 Å². The number of aromatic nitrogens is 1. The molecule has 0 spiro atoms. The zero-order chi connectivity index (χ0) is 25.4. The fourth-order valence-electron chi connectivity index (χ4n) is 4.72. The van der Waals surface area contributed by atoms with Crippen LogP contribution in [0, 0.1) is 13.8 Å². The second-order valence-corrected chi connectivity index (χ2v) is 10.8. The van der Waals surface area contributed by atoms with Gasteiger partial charge in [-0.1, -0.05) is 23.4 Å². The van der Waals surface area contributed by atoms with Crippen LogP contribution in [0.4, 0.5) is 5.69 Å². The van der Waals surface area contributed by atoms with E-state index in [0.717, 1.165) is 16.9 Å². The molecule has 0 aliphatic carbocycles. The highest BCUT2D eigenvalue weighted by Gasteiger charge is 2.38. The Bertz CT molecular complexity index is 1380. The molecule has 3 heterocycles. The van der Waals surface area contributed by atoms with E-state index in [9.17, 15) is 13.2 Å². The van der Waals surface area contributed by atoms with Gasteiger partial charge in [-0.25, -0.2) is 8.42 Å². The summed E-state index contributed by atoms with van der Waals surface area (Å²) in [6.45, 7) is 4.41. The van der Waals surface area contributed by atoms with Gasteiger partial charge in [0.15, 0.2) is 5.76 Å². The van der Waals surface area contributed by atoms with Crippen LogP contribution in [-0.2, 0) is 14.8 Å². The zero-order valence-electron chi connectivity index (χ0n) is 20.4. The number of carbonyl (C=O) groups is 1. The number of nitrogens with one attached hydrogen (secondary N) is 1. The van der Waals surface area contributed by atoms with Crippen LogP contribution < -0.4 is 14.8 Å². The van der Waals surface area contributed by atoms with Crippen LogP contribution in [0.2, 0.25) is 0 Å². The molecule has 10 nitrogen and oxygen atoms in total. The number of anilines is 1. The molecule has 1 N–H and O–H groups in total. The van der Waals surface area contributed by atoms with E-state index in [1.807, 2.05) is 47.4 Å². The maximum atomic E-state index is 13.3. The highest BCUT2D eigenvalue weighted by atomic mass is 32.2. The molecule has 0 saturated carbocycles. The number of carbonyl (C=O) groups excluding carboxylic acids is 1. The summed E-state index contributed by atoms with van der Waals surface area (Å²) in [6.07, 6.45) is 0. The number of benzene rings is 2. The molecule has 0 unspecified atom stereocenters. The Morgan fingerprint density at radius 2 is 1.92 bits per heavy atom. The maximum Gasteiger partial charge on any atom is 0.248 e. The third-order valence-electron chi connectivity index (χ3n) is 6.57. The molecule has 3 aromatic rings. The highest BCUT2D eigenvalue weighted by Crippen LogP contribution is 2.34. The van der Waals surface area contributed by atoms with Gasteiger partial charge in [0.1, 0.15) is 28.7 Å². The van der Waals surface area contributed by atoms with Crippen LogP contribution in [0.25, 0.3) is 11.1 Å². The maximum absolute atomic E-state index is 13.3. The topological polar surface area (TPSA) is 114 Å². The largest absolute Gasteiger partial charge is 0.497 e. The lowest BCUT2D eigenvalue weighted by atomic mass is 10.0. The molecule has 2 aromatic carbocycles. The molecular formula is C25H28N4O6S. The summed E-state index contributed by atoms with van der Waals surface area (Å²) >= 11 is 0. The van der Waals surface area contributed by atoms with Crippen molar-refractivity contribution < 1.29 is 27.2 Å². The van der Waals surface area contributed by atoms with Gasteiger partial charge in [0.2, 0.25) is 15.9 Å². The second kappa shape index (κ2) is 9.57. The third kappa shape index (κ3) is 4.57. The summed E-state index contributed by atoms with van der Waals surface area (Å²) in [4.78, 5) is 15.0. The Morgan fingerprint density at radius 3 is 2.67 bits per heavy atom. The number of ether oxygens (including phenoxy) is 2. The lowest BCUT2D eigenvalue weighted by molar-refractivity contribution is -0.118. The number of rotatable bonds is 4. The third-order valence-corrected chi connectivity index (χ3v) is 8.68. The number of piperazine rings is 1. The number of amides is 1. The predicted octanol–water partition coefficient (Wildman–Crippen LogP) is 2.67. The fourth-order valence-corrected chi connectivity index (χ4v) is 6.48. The second-order valence-electron chi connectivity index (χ2n) is 8.94. The quantitative estimate of drug-likeness (QED) is 0.568. The molecule has 1 saturated heterocycles. The summed E-state index contributed by atoms with van der Waals surface area (Å²) in [5, 5.41) is 6.76. The molecule has 1 atom stereocenters. The number of hydrogen-bond donors (Lipinski definition) is 1. The van der Waals surface area contributed by atoms with Crippen molar-refractivity contribution in [2.45, 2.75) is 24.8 Å². The van der Waals surface area contributed by atoms with Gasteiger partial charge in [-0.2, -0.15) is 4.31 Å². The Balaban J connectivity index is 1.39. The summed E-state index contributed by atoms with van der Waals surface area (Å²) < 4.78 is 44.7. The van der Waals surface area contributed by atoms with Crippen LogP contribution in [0.1, 0.15) is 11.5 Å². The first-order valence-corrected chi connectivity index (χ1v) is 13.1. The van der Waals surface area contributed by atoms with Crippen LogP contribution in [0.3, 0.4) is 0 Å². The molecule has 0 radical (unpaired) electrons. The number of fused-ring (bicyclic) bond motifs is 2. The molecule has 190 valence electrons. The standard InChI is InChI=1S/C25H28N4O6S/c1-16-25(17(2)35-27-16)36(31,32)29-10-9-28-14-24(30)26-22-12-19(18-5-4-6-21(11-18)33-3)7-8-23(22)34-15-20(28)13-29/h4-8,11-12,20H,9-10,13-15H2,1-3H3,(H,26,30)/t20-/m1/s1. The van der Waals surface area contributed by atoms with Gasteiger partial charge < -0.3 is 19.3 Å². The van der Waals surface area contributed by atoms with Gasteiger partial charge in [0.25, 0.3) is 0 Å². The first kappa shape index (κ1) is 24.3. The molecule has 0 bridgehead atoms. The Labute approximate surface area is 209 Å². The fraction of sp³-hybridized carbons (Fsp3) is 0.360. The summed E-state index contributed by atoms with van der Waals surface area (Å²) in [5.41, 5.74) is 2.76. The molecular weight excluding hydrogens is 484 g/mol. The van der Waals surface area contributed by atoms with Gasteiger partial charge in [0.05, 0.1) is 25.4 Å². The molecule has 36 heavy (non-hydrogen) atoms. The molecule has 2 aliphatic rings. The average molecular weight is 513 g/mol. The molecule has 1 fully saturated rings. The number of aryl methyl sites for hydroxylation is 2. The summed E-state index contributed by atoms with van der Waals surface area (Å²) in [7, 11) is -2.17. The molecule has 1 aromatic heterocycles. The smallest absolute Gasteiger partial charge is 0.248 e. The van der Waals surface area contributed by atoms with Crippen molar-refractivity contribution in [1.29, 1.82) is 0 Å². The molecule has 2 aliphatic heterocycles. The monoisotopic (exact) mass is 512 g/mol. The first-order chi connectivity index (χ1) is 17.3. The number of nitrogens with zero attached hydrogens (tertiary/aromatic N) is 3. The molecule has 5 rings (SSSR count). The van der Waals surface area contributed by atoms with E-state index in [4.69, 9.17) is 14.0 Å². The highest BCUT2D eigenvalue weighted by molar-refractivity contribution is 7.89. The van der Waals surface area contributed by atoms with E-state index in [2.05, 4.69) is 10.5 Å². The van der Waals surface area contributed by atoms with Crippen molar-refractivity contribution in [3.8, 4) is 22.6 Å². The van der Waals surface area contributed by atoms with E-state index in [0.29, 0.717) is 23.7 Å². The predicted molar refractivity (Wildman–Crippen MR) is 133 cm³/mol. The minimum Gasteiger partial charge on any atom is -0.497 e. The van der Waals surface area contributed by atoms with Crippen molar-refractivity contribution in [3.05, 3.63) is 53.9 Å². The minimum atomic E-state index is -3.79. The first-order valence-electron chi connectivity index (χ1n) is 11.6. The Morgan fingerprint density at radius 1 is 1.11 bits per heavy atom. The van der Waals surface area contributed by atoms with Gasteiger partial charge in [-0.05, 0) is 49.2 Å². The van der Waals surface area contributed by atoms with Crippen molar-refractivity contribution in [1.82, 2.24) is 14.4 Å². The lowest BCUT2D eigenvalue weighted by Gasteiger charge is -2.39. The van der Waals surface area contributed by atoms with Gasteiger partial charge in [-0.3, -0.25) is 9.69 Å². The van der Waals surface area contributed by atoms with Gasteiger partial charge in [0, 0.05) is 19.6 Å². The normalized spacial score (nSPS) is 19.2. The van der Waals surface area contributed by atoms with E-state index >= 15 is 0 Å². The van der Waals surface area contributed by atoms with E-state index in [1.165, 1.54) is 4.31 Å². The van der Waals surface area contributed by atoms with Gasteiger partial charge in [-0.15, -0.1) is 0 Å². The Kier molecular flexibility index (Phi) is 6.45. The van der Waals surface area contributed by atoms with Crippen molar-refractivity contribution in [2.24, 2.45) is 0 Å². The number of methoxy groups -OCH3 is 1. The molecule has 11 heteroatoms. The van der Waals surface area contributed by atoms with E-state index in [1.54, 1.807) is 21.0 Å². The Hall–Kier alpha value is -3.41. The number of hydrogen-bond acceptors (Lipinski definition) is 8. The minimum absolute atomic E-state index is 0.105. The van der Waals surface area contributed by atoms with Crippen molar-refractivity contribution >= 4 is 21.6 Å². The van der Waals surface area contributed by atoms with Gasteiger partial charge >= 0.3 is 0 Å². The lowest BCUT2D eigenvalue weighted by Crippen LogP contribution is -2.57. The summed E-state index contributed by atoms with van der Waals surface area (Å²) in [5.74, 6) is 1.35. The van der Waals surface area contributed by atoms with E-state index < -0.39 is 10.0 Å². The SMILES string of the molecule is COc1cccc(-c2ccc3c(c2)NC(=O)CN2CCN(S(=O)(=O)c4c(C)noc4C)C[C@@H]2CO3)c1. The summed E-state index contributed by atoms with van der Waals surface area (Å²) in [6, 6.07) is 13.0. The molecule has 1 amide bonds.